The number of aliphatic carboxylic acids is 1. The quantitative estimate of drug-likeness (QED) is 0.821. The van der Waals surface area contributed by atoms with E-state index in [2.05, 4.69) is 18.6 Å². The van der Waals surface area contributed by atoms with Crippen LogP contribution in [-0.2, 0) is 15.0 Å². The van der Waals surface area contributed by atoms with Crippen LogP contribution in [0.5, 0.6) is 0 Å². The highest BCUT2D eigenvalue weighted by Gasteiger charge is 2.35. The van der Waals surface area contributed by atoms with Crippen molar-refractivity contribution in [3.05, 3.63) is 0 Å². The predicted molar refractivity (Wildman–Crippen MR) is 80.0 cm³/mol. The van der Waals surface area contributed by atoms with E-state index in [4.69, 9.17) is 5.11 Å². The number of carbonyl (C=O) groups is 1. The maximum atomic E-state index is 12.5. The largest absolute Gasteiger partial charge is 0.481 e. The number of carboxylic acid groups (broad SMARTS) is 1. The van der Waals surface area contributed by atoms with Crippen LogP contribution in [0.1, 0.15) is 46.0 Å². The van der Waals surface area contributed by atoms with E-state index in [0.717, 1.165) is 19.3 Å². The number of hydrogen-bond acceptors (Lipinski definition) is 3. The molecule has 1 aliphatic carbocycles. The SMILES string of the molecule is CC1CCC(NS(=O)(=O)N2CCCC(C(=O)O)C2)C(C)C1. The van der Waals surface area contributed by atoms with E-state index in [1.54, 1.807) is 0 Å². The first-order valence-electron chi connectivity index (χ1n) is 7.80. The fourth-order valence-corrected chi connectivity index (χ4v) is 5.10. The summed E-state index contributed by atoms with van der Waals surface area (Å²) in [4.78, 5) is 11.1. The highest BCUT2D eigenvalue weighted by molar-refractivity contribution is 7.87. The molecule has 1 saturated heterocycles. The van der Waals surface area contributed by atoms with Gasteiger partial charge in [-0.15, -0.1) is 0 Å². The Balaban J connectivity index is 1.99. The predicted octanol–water partition coefficient (Wildman–Crippen LogP) is 1.44. The molecule has 4 unspecified atom stereocenters. The molecule has 7 heteroatoms. The fourth-order valence-electron chi connectivity index (χ4n) is 3.47. The third kappa shape index (κ3) is 4.17. The van der Waals surface area contributed by atoms with Crippen molar-refractivity contribution >= 4 is 16.2 Å². The molecule has 21 heavy (non-hydrogen) atoms. The van der Waals surface area contributed by atoms with Gasteiger partial charge in [-0.05, 0) is 43.9 Å². The zero-order chi connectivity index (χ0) is 15.6. The highest BCUT2D eigenvalue weighted by atomic mass is 32.2. The second-order valence-electron chi connectivity index (χ2n) is 6.66. The number of nitrogens with zero attached hydrogens (tertiary/aromatic N) is 1. The lowest BCUT2D eigenvalue weighted by atomic mass is 9.80. The topological polar surface area (TPSA) is 86.7 Å². The molecule has 0 aromatic rings. The van der Waals surface area contributed by atoms with Gasteiger partial charge in [0, 0.05) is 19.1 Å². The lowest BCUT2D eigenvalue weighted by Crippen LogP contribution is -2.52. The zero-order valence-electron chi connectivity index (χ0n) is 12.8. The summed E-state index contributed by atoms with van der Waals surface area (Å²) in [5, 5.41) is 9.07. The van der Waals surface area contributed by atoms with Crippen molar-refractivity contribution in [1.29, 1.82) is 0 Å². The third-order valence-electron chi connectivity index (χ3n) is 4.81. The Hall–Kier alpha value is -0.660. The maximum Gasteiger partial charge on any atom is 0.307 e. The minimum absolute atomic E-state index is 0.0311. The molecule has 1 aliphatic heterocycles. The first-order valence-corrected chi connectivity index (χ1v) is 9.24. The summed E-state index contributed by atoms with van der Waals surface area (Å²) < 4.78 is 29.0. The maximum absolute atomic E-state index is 12.5. The molecule has 2 fully saturated rings. The smallest absolute Gasteiger partial charge is 0.307 e. The molecule has 0 aromatic carbocycles. The number of nitrogens with one attached hydrogen (secondary N) is 1. The Kier molecular flexibility index (Phi) is 5.27. The van der Waals surface area contributed by atoms with Crippen molar-refractivity contribution in [3.63, 3.8) is 0 Å². The van der Waals surface area contributed by atoms with Crippen molar-refractivity contribution < 1.29 is 18.3 Å². The number of piperidine rings is 1. The molecule has 0 amide bonds. The van der Waals surface area contributed by atoms with E-state index in [1.807, 2.05) is 0 Å². The van der Waals surface area contributed by atoms with Gasteiger partial charge in [-0.3, -0.25) is 4.79 Å². The van der Waals surface area contributed by atoms with Crippen LogP contribution in [0.25, 0.3) is 0 Å². The number of rotatable bonds is 4. The van der Waals surface area contributed by atoms with Gasteiger partial charge in [0.1, 0.15) is 0 Å². The van der Waals surface area contributed by atoms with Crippen LogP contribution in [0.15, 0.2) is 0 Å². The second-order valence-corrected chi connectivity index (χ2v) is 8.36. The molecule has 1 heterocycles. The van der Waals surface area contributed by atoms with Crippen LogP contribution in [0.3, 0.4) is 0 Å². The van der Waals surface area contributed by atoms with Crippen molar-refractivity contribution in [2.24, 2.45) is 17.8 Å². The van der Waals surface area contributed by atoms with Gasteiger partial charge in [0.15, 0.2) is 0 Å². The summed E-state index contributed by atoms with van der Waals surface area (Å²) in [6, 6.07) is -0.0311. The van der Waals surface area contributed by atoms with Crippen LogP contribution in [-0.4, -0.2) is 42.9 Å². The highest BCUT2D eigenvalue weighted by Crippen LogP contribution is 2.29. The van der Waals surface area contributed by atoms with Crippen molar-refractivity contribution in [1.82, 2.24) is 9.03 Å². The molecule has 0 radical (unpaired) electrons. The van der Waals surface area contributed by atoms with E-state index in [-0.39, 0.29) is 12.6 Å². The van der Waals surface area contributed by atoms with Gasteiger partial charge >= 0.3 is 5.97 Å². The minimum atomic E-state index is -3.58. The Morgan fingerprint density at radius 1 is 1.24 bits per heavy atom. The van der Waals surface area contributed by atoms with Crippen LogP contribution in [0.2, 0.25) is 0 Å². The van der Waals surface area contributed by atoms with E-state index in [1.165, 1.54) is 4.31 Å². The molecular weight excluding hydrogens is 292 g/mol. The Morgan fingerprint density at radius 2 is 1.95 bits per heavy atom. The van der Waals surface area contributed by atoms with Crippen LogP contribution < -0.4 is 4.72 Å². The molecule has 2 N–H and O–H groups in total. The Bertz CT molecular complexity index is 479. The normalized spacial score (nSPS) is 35.5. The average molecular weight is 318 g/mol. The molecule has 2 rings (SSSR count). The Labute approximate surface area is 127 Å². The van der Waals surface area contributed by atoms with Gasteiger partial charge in [0.25, 0.3) is 10.2 Å². The van der Waals surface area contributed by atoms with Gasteiger partial charge in [-0.2, -0.15) is 17.4 Å². The first kappa shape index (κ1) is 16.7. The minimum Gasteiger partial charge on any atom is -0.481 e. The van der Waals surface area contributed by atoms with E-state index in [9.17, 15) is 13.2 Å². The molecule has 0 spiro atoms. The van der Waals surface area contributed by atoms with Crippen LogP contribution in [0.4, 0.5) is 0 Å². The average Bonchev–Trinajstić information content (AvgIpc) is 2.42. The summed E-state index contributed by atoms with van der Waals surface area (Å²) in [6.07, 6.45) is 4.09. The summed E-state index contributed by atoms with van der Waals surface area (Å²) >= 11 is 0. The summed E-state index contributed by atoms with van der Waals surface area (Å²) in [7, 11) is -3.58. The molecule has 0 bridgehead atoms. The lowest BCUT2D eigenvalue weighted by molar-refractivity contribution is -0.142. The molecule has 1 saturated carbocycles. The van der Waals surface area contributed by atoms with E-state index >= 15 is 0 Å². The monoisotopic (exact) mass is 318 g/mol. The van der Waals surface area contributed by atoms with Crippen molar-refractivity contribution in [3.8, 4) is 0 Å². The van der Waals surface area contributed by atoms with Crippen molar-refractivity contribution in [2.45, 2.75) is 52.0 Å². The van der Waals surface area contributed by atoms with Crippen molar-refractivity contribution in [2.75, 3.05) is 13.1 Å². The van der Waals surface area contributed by atoms with Crippen LogP contribution >= 0.6 is 0 Å². The van der Waals surface area contributed by atoms with Gasteiger partial charge in [-0.1, -0.05) is 13.8 Å². The summed E-state index contributed by atoms with van der Waals surface area (Å²) in [5.41, 5.74) is 0. The Morgan fingerprint density at radius 3 is 2.57 bits per heavy atom. The van der Waals surface area contributed by atoms with Gasteiger partial charge in [0.05, 0.1) is 5.92 Å². The standard InChI is InChI=1S/C14H26N2O4S/c1-10-5-6-13(11(2)8-10)15-21(19,20)16-7-3-4-12(9-16)14(17)18/h10-13,15H,3-9H2,1-2H3,(H,17,18). The van der Waals surface area contributed by atoms with E-state index < -0.39 is 22.1 Å². The van der Waals surface area contributed by atoms with Gasteiger partial charge in [-0.25, -0.2) is 0 Å². The second kappa shape index (κ2) is 6.62. The fraction of sp³-hybridized carbons (Fsp3) is 0.929. The number of carboxylic acids is 1. The van der Waals surface area contributed by atoms with Crippen LogP contribution in [0, 0.1) is 17.8 Å². The number of hydrogen-bond donors (Lipinski definition) is 2. The first-order chi connectivity index (χ1) is 9.79. The third-order valence-corrected chi connectivity index (χ3v) is 6.42. The zero-order valence-corrected chi connectivity index (χ0v) is 13.6. The lowest BCUT2D eigenvalue weighted by Gasteiger charge is -2.36. The molecular formula is C14H26N2O4S. The molecule has 2 aliphatic rings. The molecule has 122 valence electrons. The molecule has 0 aromatic heterocycles. The molecule has 6 nitrogen and oxygen atoms in total. The summed E-state index contributed by atoms with van der Waals surface area (Å²) in [5.74, 6) is -0.524. The van der Waals surface area contributed by atoms with E-state index in [0.29, 0.717) is 31.2 Å². The molecule has 4 atom stereocenters. The summed E-state index contributed by atoms with van der Waals surface area (Å²) in [6.45, 7) is 4.78. The van der Waals surface area contributed by atoms with Gasteiger partial charge in [0.2, 0.25) is 0 Å². The van der Waals surface area contributed by atoms with Gasteiger partial charge < -0.3 is 5.11 Å².